The lowest BCUT2D eigenvalue weighted by Gasteiger charge is -2.07. The number of primary amides is 1. The summed E-state index contributed by atoms with van der Waals surface area (Å²) < 4.78 is 0. The third-order valence-corrected chi connectivity index (χ3v) is 3.69. The van der Waals surface area contributed by atoms with Crippen molar-refractivity contribution in [3.8, 4) is 0 Å². The number of carbonyl (C=O) groups is 2. The second kappa shape index (κ2) is 4.57. The van der Waals surface area contributed by atoms with Crippen LogP contribution in [0.2, 0.25) is 0 Å². The van der Waals surface area contributed by atoms with Gasteiger partial charge in [-0.3, -0.25) is 9.59 Å². The number of rotatable bonds is 3. The molecule has 3 N–H and O–H groups in total. The molecular weight excluding hydrogens is 224 g/mol. The molecule has 0 radical (unpaired) electrons. The molecular formula is C11H12N2O2S. The molecule has 1 aromatic carbocycles. The van der Waals surface area contributed by atoms with Crippen LogP contribution in [0.1, 0.15) is 5.56 Å². The second-order valence-corrected chi connectivity index (χ2v) is 4.85. The van der Waals surface area contributed by atoms with Crippen LogP contribution in [0.4, 0.5) is 0 Å². The molecule has 1 aliphatic heterocycles. The molecule has 2 rings (SSSR count). The minimum Gasteiger partial charge on any atom is -0.368 e. The highest BCUT2D eigenvalue weighted by molar-refractivity contribution is 8.01. The van der Waals surface area contributed by atoms with Crippen LogP contribution in [-0.2, 0) is 16.0 Å². The van der Waals surface area contributed by atoms with E-state index in [-0.39, 0.29) is 17.7 Å². The van der Waals surface area contributed by atoms with Gasteiger partial charge in [-0.05, 0) is 18.1 Å². The van der Waals surface area contributed by atoms with Gasteiger partial charge in [-0.1, -0.05) is 18.2 Å². The van der Waals surface area contributed by atoms with Gasteiger partial charge in [0, 0.05) is 4.90 Å². The van der Waals surface area contributed by atoms with Crippen molar-refractivity contribution in [1.29, 1.82) is 0 Å². The van der Waals surface area contributed by atoms with Crippen molar-refractivity contribution in [3.05, 3.63) is 29.8 Å². The van der Waals surface area contributed by atoms with Gasteiger partial charge >= 0.3 is 0 Å². The Labute approximate surface area is 97.6 Å². The molecule has 1 aliphatic rings. The summed E-state index contributed by atoms with van der Waals surface area (Å²) in [6.07, 6.45) is 0.714. The summed E-state index contributed by atoms with van der Waals surface area (Å²) in [5.74, 6) is -0.645. The lowest BCUT2D eigenvalue weighted by molar-refractivity contribution is -0.124. The van der Waals surface area contributed by atoms with Crippen molar-refractivity contribution in [2.24, 2.45) is 5.73 Å². The van der Waals surface area contributed by atoms with Crippen molar-refractivity contribution < 1.29 is 9.59 Å². The zero-order valence-electron chi connectivity index (χ0n) is 8.60. The summed E-state index contributed by atoms with van der Waals surface area (Å²) in [7, 11) is 0. The predicted molar refractivity (Wildman–Crippen MR) is 62.0 cm³/mol. The summed E-state index contributed by atoms with van der Waals surface area (Å²) in [6, 6.07) is 7.93. The maximum absolute atomic E-state index is 11.7. The molecule has 0 aliphatic carbocycles. The average Bonchev–Trinajstić information content (AvgIpc) is 2.69. The molecule has 0 bridgehead atoms. The van der Waals surface area contributed by atoms with Crippen LogP contribution in [-0.4, -0.2) is 23.6 Å². The maximum atomic E-state index is 11.7. The highest BCUT2D eigenvalue weighted by atomic mass is 32.2. The van der Waals surface area contributed by atoms with E-state index in [1.165, 1.54) is 17.3 Å². The molecule has 2 amide bonds. The maximum Gasteiger partial charge on any atom is 0.236 e. The zero-order chi connectivity index (χ0) is 11.5. The first-order chi connectivity index (χ1) is 7.66. The fourth-order valence-electron chi connectivity index (χ4n) is 1.62. The fraction of sp³-hybridized carbons (Fsp3) is 0.273. The first-order valence-corrected chi connectivity index (χ1v) is 5.85. The molecule has 1 heterocycles. The molecule has 0 saturated heterocycles. The van der Waals surface area contributed by atoms with E-state index in [1.54, 1.807) is 0 Å². The smallest absolute Gasteiger partial charge is 0.236 e. The average molecular weight is 236 g/mol. The Bertz CT molecular complexity index is 409. The minimum atomic E-state index is -0.520. The van der Waals surface area contributed by atoms with Crippen molar-refractivity contribution >= 4 is 23.6 Å². The van der Waals surface area contributed by atoms with Crippen molar-refractivity contribution in [2.45, 2.75) is 16.6 Å². The Morgan fingerprint density at radius 1 is 1.44 bits per heavy atom. The van der Waals surface area contributed by atoms with E-state index in [1.807, 2.05) is 24.3 Å². The zero-order valence-corrected chi connectivity index (χ0v) is 9.42. The lowest BCUT2D eigenvalue weighted by atomic mass is 10.1. The molecule has 0 fully saturated rings. The lowest BCUT2D eigenvalue weighted by Crippen LogP contribution is -2.38. The summed E-state index contributed by atoms with van der Waals surface area (Å²) >= 11 is 1.53. The van der Waals surface area contributed by atoms with E-state index in [4.69, 9.17) is 5.73 Å². The van der Waals surface area contributed by atoms with Gasteiger partial charge in [-0.2, -0.15) is 0 Å². The summed E-state index contributed by atoms with van der Waals surface area (Å²) in [6.45, 7) is -0.0910. The summed E-state index contributed by atoms with van der Waals surface area (Å²) in [4.78, 5) is 23.4. The van der Waals surface area contributed by atoms with E-state index in [0.29, 0.717) is 6.42 Å². The minimum absolute atomic E-state index is 0.0910. The number of benzene rings is 1. The van der Waals surface area contributed by atoms with Crippen molar-refractivity contribution in [3.63, 3.8) is 0 Å². The fourth-order valence-corrected chi connectivity index (χ4v) is 2.84. The highest BCUT2D eigenvalue weighted by Crippen LogP contribution is 2.36. The third kappa shape index (κ3) is 2.36. The van der Waals surface area contributed by atoms with Gasteiger partial charge in [-0.25, -0.2) is 0 Å². The van der Waals surface area contributed by atoms with Crippen LogP contribution in [0.15, 0.2) is 29.2 Å². The van der Waals surface area contributed by atoms with Crippen LogP contribution in [0.25, 0.3) is 0 Å². The SMILES string of the molecule is NC(=O)CNC(=O)C1Cc2ccccc2S1. The molecule has 1 unspecified atom stereocenters. The van der Waals surface area contributed by atoms with Crippen LogP contribution < -0.4 is 11.1 Å². The van der Waals surface area contributed by atoms with Gasteiger partial charge in [0.1, 0.15) is 0 Å². The second-order valence-electron chi connectivity index (χ2n) is 3.60. The van der Waals surface area contributed by atoms with E-state index >= 15 is 0 Å². The number of thioether (sulfide) groups is 1. The molecule has 5 heteroatoms. The largest absolute Gasteiger partial charge is 0.368 e. The van der Waals surface area contributed by atoms with E-state index in [0.717, 1.165) is 4.90 Å². The highest BCUT2D eigenvalue weighted by Gasteiger charge is 2.27. The van der Waals surface area contributed by atoms with Crippen LogP contribution >= 0.6 is 11.8 Å². The summed E-state index contributed by atoms with van der Waals surface area (Å²) in [5.41, 5.74) is 6.15. The number of nitrogens with two attached hydrogens (primary N) is 1. The van der Waals surface area contributed by atoms with Crippen molar-refractivity contribution in [1.82, 2.24) is 5.32 Å². The van der Waals surface area contributed by atoms with E-state index in [2.05, 4.69) is 5.32 Å². The Kier molecular flexibility index (Phi) is 3.14. The number of hydrogen-bond donors (Lipinski definition) is 2. The van der Waals surface area contributed by atoms with Crippen LogP contribution in [0, 0.1) is 0 Å². The van der Waals surface area contributed by atoms with Crippen LogP contribution in [0.3, 0.4) is 0 Å². The Morgan fingerprint density at radius 2 is 2.19 bits per heavy atom. The quantitative estimate of drug-likeness (QED) is 0.793. The molecule has 1 aromatic rings. The molecule has 0 spiro atoms. The third-order valence-electron chi connectivity index (χ3n) is 2.38. The number of carbonyl (C=O) groups excluding carboxylic acids is 2. The molecule has 4 nitrogen and oxygen atoms in total. The van der Waals surface area contributed by atoms with Gasteiger partial charge < -0.3 is 11.1 Å². The molecule has 84 valence electrons. The Morgan fingerprint density at radius 3 is 2.88 bits per heavy atom. The number of nitrogens with one attached hydrogen (secondary N) is 1. The Hall–Kier alpha value is -1.49. The predicted octanol–water partition coefficient (Wildman–Crippen LogP) is 0.305. The summed E-state index contributed by atoms with van der Waals surface area (Å²) in [5, 5.41) is 2.38. The van der Waals surface area contributed by atoms with Gasteiger partial charge in [0.15, 0.2) is 0 Å². The first-order valence-electron chi connectivity index (χ1n) is 4.97. The van der Waals surface area contributed by atoms with E-state index < -0.39 is 5.91 Å². The first kappa shape index (κ1) is 11.0. The number of amides is 2. The van der Waals surface area contributed by atoms with Gasteiger partial charge in [0.25, 0.3) is 0 Å². The monoisotopic (exact) mass is 236 g/mol. The van der Waals surface area contributed by atoms with Gasteiger partial charge in [-0.15, -0.1) is 11.8 Å². The molecule has 1 atom stereocenters. The topological polar surface area (TPSA) is 72.2 Å². The number of hydrogen-bond acceptors (Lipinski definition) is 3. The number of fused-ring (bicyclic) bond motifs is 1. The standard InChI is InChI=1S/C11H12N2O2S/c12-10(14)6-13-11(15)9-5-7-3-1-2-4-8(7)16-9/h1-4,9H,5-6H2,(H2,12,14)(H,13,15). The van der Waals surface area contributed by atoms with Gasteiger partial charge in [0.05, 0.1) is 11.8 Å². The van der Waals surface area contributed by atoms with Crippen LogP contribution in [0.5, 0.6) is 0 Å². The van der Waals surface area contributed by atoms with Crippen molar-refractivity contribution in [2.75, 3.05) is 6.54 Å². The normalized spacial score (nSPS) is 17.9. The Balaban J connectivity index is 1.96. The molecule has 0 aromatic heterocycles. The molecule has 0 saturated carbocycles. The van der Waals surface area contributed by atoms with E-state index in [9.17, 15) is 9.59 Å². The van der Waals surface area contributed by atoms with Gasteiger partial charge in [0.2, 0.25) is 11.8 Å². The molecule has 16 heavy (non-hydrogen) atoms.